The van der Waals surface area contributed by atoms with Gasteiger partial charge in [-0.2, -0.15) is 0 Å². The van der Waals surface area contributed by atoms with E-state index in [-0.39, 0.29) is 5.57 Å². The van der Waals surface area contributed by atoms with Crippen molar-refractivity contribution in [3.8, 4) is 0 Å². The van der Waals surface area contributed by atoms with E-state index >= 15 is 0 Å². The lowest BCUT2D eigenvalue weighted by Crippen LogP contribution is -2.41. The lowest BCUT2D eigenvalue weighted by atomic mass is 10.1. The molecule has 23 heavy (non-hydrogen) atoms. The standard InChI is InChI=1S/C18H22O4S/c1-4-5-8-11-23-15-10-7-6-9-13(15)12-14-16(19)21-18(2,3)22-17(14)20/h6-7,9-10,12H,4-5,8,11H2,1-3H3. The number of rotatable bonds is 6. The molecule has 1 heterocycles. The largest absolute Gasteiger partial charge is 0.419 e. The summed E-state index contributed by atoms with van der Waals surface area (Å²) >= 11 is 1.73. The Bertz CT molecular complexity index is 597. The topological polar surface area (TPSA) is 52.6 Å². The zero-order valence-electron chi connectivity index (χ0n) is 13.8. The molecule has 2 rings (SSSR count). The number of unbranched alkanes of at least 4 members (excludes halogenated alkanes) is 2. The molecule has 0 unspecified atom stereocenters. The summed E-state index contributed by atoms with van der Waals surface area (Å²) in [6.45, 7) is 5.25. The molecule has 1 aromatic rings. The van der Waals surface area contributed by atoms with Gasteiger partial charge in [0.2, 0.25) is 0 Å². The molecule has 5 heteroatoms. The highest BCUT2D eigenvalue weighted by molar-refractivity contribution is 7.99. The van der Waals surface area contributed by atoms with Crippen LogP contribution < -0.4 is 0 Å². The van der Waals surface area contributed by atoms with Gasteiger partial charge in [0.05, 0.1) is 0 Å². The molecule has 0 saturated carbocycles. The molecule has 4 nitrogen and oxygen atoms in total. The minimum Gasteiger partial charge on any atom is -0.419 e. The minimum atomic E-state index is -1.21. The zero-order valence-corrected chi connectivity index (χ0v) is 14.6. The molecular weight excluding hydrogens is 312 g/mol. The summed E-state index contributed by atoms with van der Waals surface area (Å²) < 4.78 is 10.2. The van der Waals surface area contributed by atoms with Gasteiger partial charge in [-0.15, -0.1) is 11.8 Å². The van der Waals surface area contributed by atoms with E-state index in [1.807, 2.05) is 24.3 Å². The maximum Gasteiger partial charge on any atom is 0.348 e. The fourth-order valence-corrected chi connectivity index (χ4v) is 3.24. The van der Waals surface area contributed by atoms with Crippen molar-refractivity contribution >= 4 is 29.8 Å². The molecule has 0 N–H and O–H groups in total. The second-order valence-electron chi connectivity index (χ2n) is 5.83. The average molecular weight is 334 g/mol. The molecule has 0 spiro atoms. The third-order valence-electron chi connectivity index (χ3n) is 3.34. The number of esters is 2. The van der Waals surface area contributed by atoms with Crippen LogP contribution in [0.3, 0.4) is 0 Å². The highest BCUT2D eigenvalue weighted by atomic mass is 32.2. The van der Waals surface area contributed by atoms with E-state index in [1.165, 1.54) is 26.7 Å². The molecule has 1 aliphatic rings. The van der Waals surface area contributed by atoms with Crippen LogP contribution in [0.25, 0.3) is 6.08 Å². The first-order valence-corrected chi connectivity index (χ1v) is 8.81. The van der Waals surface area contributed by atoms with Crippen LogP contribution in [-0.4, -0.2) is 23.5 Å². The van der Waals surface area contributed by atoms with Gasteiger partial charge in [-0.3, -0.25) is 0 Å². The summed E-state index contributed by atoms with van der Waals surface area (Å²) in [5, 5.41) is 0. The van der Waals surface area contributed by atoms with E-state index in [1.54, 1.807) is 17.8 Å². The Morgan fingerprint density at radius 1 is 1.09 bits per heavy atom. The number of benzene rings is 1. The smallest absolute Gasteiger partial charge is 0.348 e. The molecule has 0 radical (unpaired) electrons. The Kier molecular flexibility index (Phi) is 5.88. The van der Waals surface area contributed by atoms with Crippen molar-refractivity contribution in [3.05, 3.63) is 35.4 Å². The predicted octanol–water partition coefficient (Wildman–Crippen LogP) is 4.19. The van der Waals surface area contributed by atoms with Gasteiger partial charge in [-0.05, 0) is 29.9 Å². The summed E-state index contributed by atoms with van der Waals surface area (Å²) in [7, 11) is 0. The Labute approximate surface area is 141 Å². The first-order chi connectivity index (χ1) is 10.9. The molecule has 0 bridgehead atoms. The quantitative estimate of drug-likeness (QED) is 0.257. The maximum atomic E-state index is 12.0. The van der Waals surface area contributed by atoms with Crippen LogP contribution >= 0.6 is 11.8 Å². The number of thioether (sulfide) groups is 1. The number of carbonyl (C=O) groups excluding carboxylic acids is 2. The van der Waals surface area contributed by atoms with Gasteiger partial charge >= 0.3 is 11.9 Å². The van der Waals surface area contributed by atoms with E-state index in [4.69, 9.17) is 9.47 Å². The second-order valence-corrected chi connectivity index (χ2v) is 6.97. The van der Waals surface area contributed by atoms with Crippen molar-refractivity contribution in [3.63, 3.8) is 0 Å². The predicted molar refractivity (Wildman–Crippen MR) is 90.9 cm³/mol. The van der Waals surface area contributed by atoms with Crippen LogP contribution in [0, 0.1) is 0 Å². The number of hydrogen-bond acceptors (Lipinski definition) is 5. The monoisotopic (exact) mass is 334 g/mol. The van der Waals surface area contributed by atoms with Gasteiger partial charge in [0.1, 0.15) is 5.57 Å². The van der Waals surface area contributed by atoms with Crippen LogP contribution in [0.1, 0.15) is 45.6 Å². The molecule has 1 aliphatic heterocycles. The summed E-state index contributed by atoms with van der Waals surface area (Å²) in [4.78, 5) is 25.1. The maximum absolute atomic E-state index is 12.0. The Balaban J connectivity index is 2.18. The van der Waals surface area contributed by atoms with Gasteiger partial charge in [0, 0.05) is 18.7 Å². The van der Waals surface area contributed by atoms with Crippen LogP contribution in [0.5, 0.6) is 0 Å². The van der Waals surface area contributed by atoms with Gasteiger partial charge in [-0.1, -0.05) is 38.0 Å². The van der Waals surface area contributed by atoms with E-state index in [2.05, 4.69) is 6.92 Å². The van der Waals surface area contributed by atoms with E-state index in [0.29, 0.717) is 0 Å². The van der Waals surface area contributed by atoms with Crippen molar-refractivity contribution in [1.29, 1.82) is 0 Å². The fraction of sp³-hybridized carbons (Fsp3) is 0.444. The van der Waals surface area contributed by atoms with Crippen molar-refractivity contribution in [2.75, 3.05) is 5.75 Å². The normalized spacial score (nSPS) is 16.7. The second kappa shape index (κ2) is 7.68. The van der Waals surface area contributed by atoms with Crippen molar-refractivity contribution in [2.24, 2.45) is 0 Å². The van der Waals surface area contributed by atoms with Gasteiger partial charge in [0.15, 0.2) is 0 Å². The third kappa shape index (κ3) is 4.86. The van der Waals surface area contributed by atoms with Gasteiger partial charge in [0.25, 0.3) is 5.79 Å². The molecule has 1 fully saturated rings. The summed E-state index contributed by atoms with van der Waals surface area (Å²) in [5.41, 5.74) is 0.767. The fourth-order valence-electron chi connectivity index (χ4n) is 2.20. The van der Waals surface area contributed by atoms with Gasteiger partial charge in [-0.25, -0.2) is 9.59 Å². The molecule has 0 atom stereocenters. The van der Waals surface area contributed by atoms with Crippen LogP contribution in [-0.2, 0) is 19.1 Å². The van der Waals surface area contributed by atoms with E-state index in [0.717, 1.165) is 22.6 Å². The van der Waals surface area contributed by atoms with Gasteiger partial charge < -0.3 is 9.47 Å². The number of cyclic esters (lactones) is 2. The first kappa shape index (κ1) is 17.6. The SMILES string of the molecule is CCCCCSc1ccccc1C=C1C(=O)OC(C)(C)OC1=O. The summed E-state index contributed by atoms with van der Waals surface area (Å²) in [6, 6.07) is 7.71. The molecule has 0 amide bonds. The molecule has 0 aliphatic carbocycles. The Hall–Kier alpha value is -1.75. The summed E-state index contributed by atoms with van der Waals surface area (Å²) in [6.07, 6.45) is 5.08. The first-order valence-electron chi connectivity index (χ1n) is 7.83. The van der Waals surface area contributed by atoms with E-state index < -0.39 is 17.7 Å². The van der Waals surface area contributed by atoms with Crippen LogP contribution in [0.4, 0.5) is 0 Å². The number of carbonyl (C=O) groups is 2. The average Bonchev–Trinajstić information content (AvgIpc) is 2.47. The highest BCUT2D eigenvalue weighted by Crippen LogP contribution is 2.29. The Morgan fingerprint density at radius 2 is 1.74 bits per heavy atom. The van der Waals surface area contributed by atoms with Crippen molar-refractivity contribution in [2.45, 2.75) is 50.7 Å². The van der Waals surface area contributed by atoms with Crippen LogP contribution in [0.2, 0.25) is 0 Å². The Morgan fingerprint density at radius 3 is 2.39 bits per heavy atom. The molecule has 0 aromatic heterocycles. The molecule has 1 saturated heterocycles. The van der Waals surface area contributed by atoms with E-state index in [9.17, 15) is 9.59 Å². The lowest BCUT2D eigenvalue weighted by molar-refractivity contribution is -0.222. The van der Waals surface area contributed by atoms with Crippen LogP contribution in [0.15, 0.2) is 34.7 Å². The number of hydrogen-bond donors (Lipinski definition) is 0. The molecule has 124 valence electrons. The van der Waals surface area contributed by atoms with Crippen molar-refractivity contribution < 1.29 is 19.1 Å². The highest BCUT2D eigenvalue weighted by Gasteiger charge is 2.38. The lowest BCUT2D eigenvalue weighted by Gasteiger charge is -2.29. The summed E-state index contributed by atoms with van der Waals surface area (Å²) in [5.74, 6) is -1.48. The minimum absolute atomic E-state index is 0.0640. The number of ether oxygens (including phenoxy) is 2. The zero-order chi connectivity index (χ0) is 16.9. The van der Waals surface area contributed by atoms with Crippen molar-refractivity contribution in [1.82, 2.24) is 0 Å². The molecule has 1 aromatic carbocycles. The molecular formula is C18H22O4S. The third-order valence-corrected chi connectivity index (χ3v) is 4.52.